The van der Waals surface area contributed by atoms with Crippen LogP contribution in [-0.4, -0.2) is 38.7 Å². The first-order chi connectivity index (χ1) is 8.59. The summed E-state index contributed by atoms with van der Waals surface area (Å²) in [7, 11) is -2.24. The zero-order valence-corrected chi connectivity index (χ0v) is 12.8. The van der Waals surface area contributed by atoms with Crippen molar-refractivity contribution in [2.45, 2.75) is 31.3 Å². The minimum Gasteiger partial charge on any atom is -0.477 e. The largest absolute Gasteiger partial charge is 0.477 e. The van der Waals surface area contributed by atoms with Crippen LogP contribution >= 0.6 is 11.3 Å². The molecular formula is C11H17NO5S2. The predicted molar refractivity (Wildman–Crippen MR) is 72.3 cm³/mol. The minimum atomic E-state index is -3.73. The van der Waals surface area contributed by atoms with Crippen LogP contribution in [0.15, 0.2) is 11.0 Å². The molecule has 0 aliphatic carbocycles. The highest BCUT2D eigenvalue weighted by Gasteiger charge is 2.25. The van der Waals surface area contributed by atoms with Crippen molar-refractivity contribution in [1.82, 2.24) is 4.72 Å². The van der Waals surface area contributed by atoms with Gasteiger partial charge in [-0.2, -0.15) is 0 Å². The topological polar surface area (TPSA) is 92.7 Å². The molecule has 0 aliphatic rings. The Balaban J connectivity index is 2.98. The van der Waals surface area contributed by atoms with E-state index in [9.17, 15) is 13.2 Å². The molecule has 0 aliphatic heterocycles. The molecule has 108 valence electrons. The van der Waals surface area contributed by atoms with Crippen molar-refractivity contribution in [2.24, 2.45) is 0 Å². The van der Waals surface area contributed by atoms with Crippen LogP contribution in [0.4, 0.5) is 0 Å². The summed E-state index contributed by atoms with van der Waals surface area (Å²) >= 11 is 0.938. The number of carboxylic acid groups (broad SMARTS) is 1. The van der Waals surface area contributed by atoms with Gasteiger partial charge in [0.15, 0.2) is 0 Å². The molecule has 1 aromatic heterocycles. The maximum Gasteiger partial charge on any atom is 0.345 e. The number of methoxy groups -OCH3 is 1. The van der Waals surface area contributed by atoms with E-state index in [-0.39, 0.29) is 16.3 Å². The molecule has 0 amide bonds. The third kappa shape index (κ3) is 4.00. The van der Waals surface area contributed by atoms with Gasteiger partial charge in [0.1, 0.15) is 4.88 Å². The van der Waals surface area contributed by atoms with Gasteiger partial charge in [0.05, 0.1) is 10.5 Å². The zero-order valence-electron chi connectivity index (χ0n) is 11.2. The molecule has 1 heterocycles. The monoisotopic (exact) mass is 307 g/mol. The Hall–Kier alpha value is -0.960. The summed E-state index contributed by atoms with van der Waals surface area (Å²) in [6.07, 6.45) is 0. The zero-order chi connectivity index (χ0) is 14.8. The number of aromatic carboxylic acids is 1. The van der Waals surface area contributed by atoms with Gasteiger partial charge in [-0.25, -0.2) is 17.9 Å². The fraction of sp³-hybridized carbons (Fsp3) is 0.545. The standard InChI is InChI=1S/C11H17NO5S2/c1-7-9(5-8(18-7)10(13)14)19(15,16)12-6-11(2,3)17-4/h5,12H,6H2,1-4H3,(H,13,14). The lowest BCUT2D eigenvalue weighted by atomic mass is 10.1. The van der Waals surface area contributed by atoms with Crippen LogP contribution in [0.5, 0.6) is 0 Å². The molecule has 0 saturated carbocycles. The van der Waals surface area contributed by atoms with E-state index in [0.717, 1.165) is 11.3 Å². The van der Waals surface area contributed by atoms with Crippen molar-refractivity contribution in [1.29, 1.82) is 0 Å². The molecule has 0 spiro atoms. The first-order valence-corrected chi connectivity index (χ1v) is 7.77. The Kier molecular flexibility index (Phi) is 4.72. The molecule has 1 rings (SSSR count). The molecule has 0 atom stereocenters. The van der Waals surface area contributed by atoms with E-state index in [0.29, 0.717) is 4.88 Å². The predicted octanol–water partition coefficient (Wildman–Crippen LogP) is 1.46. The summed E-state index contributed by atoms with van der Waals surface area (Å²) in [6, 6.07) is 1.17. The van der Waals surface area contributed by atoms with Gasteiger partial charge in [-0.05, 0) is 26.8 Å². The Morgan fingerprint density at radius 1 is 1.53 bits per heavy atom. The van der Waals surface area contributed by atoms with Gasteiger partial charge in [0.2, 0.25) is 10.0 Å². The minimum absolute atomic E-state index is 0.00167. The molecule has 8 heteroatoms. The Morgan fingerprint density at radius 2 is 2.11 bits per heavy atom. The van der Waals surface area contributed by atoms with Crippen molar-refractivity contribution in [2.75, 3.05) is 13.7 Å². The quantitative estimate of drug-likeness (QED) is 0.830. The van der Waals surface area contributed by atoms with Crippen molar-refractivity contribution in [3.05, 3.63) is 15.8 Å². The fourth-order valence-electron chi connectivity index (χ4n) is 1.26. The van der Waals surface area contributed by atoms with Crippen LogP contribution in [0.1, 0.15) is 28.4 Å². The van der Waals surface area contributed by atoms with Gasteiger partial charge in [-0.15, -0.1) is 11.3 Å². The maximum atomic E-state index is 12.1. The first kappa shape index (κ1) is 16.1. The third-order valence-electron chi connectivity index (χ3n) is 2.61. The smallest absolute Gasteiger partial charge is 0.345 e. The lowest BCUT2D eigenvalue weighted by molar-refractivity contribution is 0.0276. The van der Waals surface area contributed by atoms with Crippen LogP contribution in [0, 0.1) is 6.92 Å². The summed E-state index contributed by atoms with van der Waals surface area (Å²) in [6.45, 7) is 5.17. The van der Waals surface area contributed by atoms with Crippen molar-refractivity contribution >= 4 is 27.3 Å². The number of carbonyl (C=O) groups is 1. The molecule has 1 aromatic rings. The van der Waals surface area contributed by atoms with Crippen LogP contribution < -0.4 is 4.72 Å². The number of hydrogen-bond acceptors (Lipinski definition) is 5. The average molecular weight is 307 g/mol. The lowest BCUT2D eigenvalue weighted by Gasteiger charge is -2.22. The van der Waals surface area contributed by atoms with Crippen LogP contribution in [0.25, 0.3) is 0 Å². The van der Waals surface area contributed by atoms with Crippen LogP contribution in [-0.2, 0) is 14.8 Å². The highest BCUT2D eigenvalue weighted by atomic mass is 32.2. The number of carboxylic acids is 1. The molecule has 0 bridgehead atoms. The van der Waals surface area contributed by atoms with E-state index in [1.54, 1.807) is 20.8 Å². The Morgan fingerprint density at radius 3 is 2.53 bits per heavy atom. The van der Waals surface area contributed by atoms with E-state index < -0.39 is 21.6 Å². The van der Waals surface area contributed by atoms with Crippen molar-refractivity contribution < 1.29 is 23.1 Å². The molecular weight excluding hydrogens is 290 g/mol. The van der Waals surface area contributed by atoms with E-state index in [2.05, 4.69) is 4.72 Å². The van der Waals surface area contributed by atoms with E-state index in [1.807, 2.05) is 0 Å². The average Bonchev–Trinajstić information content (AvgIpc) is 2.70. The second-order valence-corrected chi connectivity index (χ2v) is 7.62. The summed E-state index contributed by atoms with van der Waals surface area (Å²) < 4.78 is 31.7. The SMILES string of the molecule is COC(C)(C)CNS(=O)(=O)c1cc(C(=O)O)sc1C. The second kappa shape index (κ2) is 5.58. The molecule has 19 heavy (non-hydrogen) atoms. The Bertz CT molecular complexity index is 574. The molecule has 2 N–H and O–H groups in total. The first-order valence-electron chi connectivity index (χ1n) is 5.47. The molecule has 0 radical (unpaired) electrons. The fourth-order valence-corrected chi connectivity index (χ4v) is 3.88. The number of hydrogen-bond donors (Lipinski definition) is 2. The van der Waals surface area contributed by atoms with E-state index in [4.69, 9.17) is 9.84 Å². The number of aryl methyl sites for hydroxylation is 1. The number of sulfonamides is 1. The van der Waals surface area contributed by atoms with Gasteiger partial charge in [-0.1, -0.05) is 0 Å². The molecule has 0 saturated heterocycles. The second-order valence-electron chi connectivity index (χ2n) is 4.62. The highest BCUT2D eigenvalue weighted by Crippen LogP contribution is 2.25. The van der Waals surface area contributed by atoms with Crippen molar-refractivity contribution in [3.8, 4) is 0 Å². The maximum absolute atomic E-state index is 12.1. The van der Waals surface area contributed by atoms with Crippen LogP contribution in [0.2, 0.25) is 0 Å². The highest BCUT2D eigenvalue weighted by molar-refractivity contribution is 7.89. The van der Waals surface area contributed by atoms with E-state index in [1.165, 1.54) is 13.2 Å². The number of ether oxygens (including phenoxy) is 1. The van der Waals surface area contributed by atoms with Gasteiger partial charge >= 0.3 is 5.97 Å². The number of nitrogens with one attached hydrogen (secondary N) is 1. The Labute approximate surface area is 116 Å². The molecule has 0 fully saturated rings. The lowest BCUT2D eigenvalue weighted by Crippen LogP contribution is -2.39. The molecule has 0 aromatic carbocycles. The normalized spacial score (nSPS) is 12.6. The summed E-state index contributed by atoms with van der Waals surface area (Å²) in [5, 5.41) is 8.86. The van der Waals surface area contributed by atoms with Gasteiger partial charge in [0.25, 0.3) is 0 Å². The molecule has 6 nitrogen and oxygen atoms in total. The van der Waals surface area contributed by atoms with Gasteiger partial charge in [0, 0.05) is 18.5 Å². The third-order valence-corrected chi connectivity index (χ3v) is 5.31. The van der Waals surface area contributed by atoms with Gasteiger partial charge in [-0.3, -0.25) is 0 Å². The van der Waals surface area contributed by atoms with Gasteiger partial charge < -0.3 is 9.84 Å². The number of thiophene rings is 1. The number of rotatable bonds is 6. The summed E-state index contributed by atoms with van der Waals surface area (Å²) in [4.78, 5) is 11.3. The summed E-state index contributed by atoms with van der Waals surface area (Å²) in [5.74, 6) is -1.13. The molecule has 0 unspecified atom stereocenters. The van der Waals surface area contributed by atoms with Crippen molar-refractivity contribution in [3.63, 3.8) is 0 Å². The van der Waals surface area contributed by atoms with E-state index >= 15 is 0 Å². The van der Waals surface area contributed by atoms with Crippen LogP contribution in [0.3, 0.4) is 0 Å². The summed E-state index contributed by atoms with van der Waals surface area (Å²) in [5.41, 5.74) is -0.632.